The van der Waals surface area contributed by atoms with E-state index in [1.807, 2.05) is 25.1 Å². The molecule has 1 rings (SSSR count). The molecule has 0 saturated heterocycles. The first-order valence-electron chi connectivity index (χ1n) is 2.73. The van der Waals surface area contributed by atoms with Crippen molar-refractivity contribution >= 4 is 0 Å². The summed E-state index contributed by atoms with van der Waals surface area (Å²) in [5.41, 5.74) is 1.16. The fourth-order valence-electron chi connectivity index (χ4n) is 0.635. The molecule has 0 fully saturated rings. The predicted molar refractivity (Wildman–Crippen MR) is 36.0 cm³/mol. The molecule has 0 saturated carbocycles. The standard InChI is InChI=1S/C8H8O.U/c1-7-4-3-5-8(6-7)9-2;/h3-4,6H,2H2,1H3;/q-2;+2. The van der Waals surface area contributed by atoms with Gasteiger partial charge in [-0.1, -0.05) is 6.92 Å². The van der Waals surface area contributed by atoms with Crippen LogP contribution >= 0.6 is 0 Å². The first kappa shape index (κ1) is 10.1. The Morgan fingerprint density at radius 2 is 2.30 bits per heavy atom. The van der Waals surface area contributed by atoms with Crippen LogP contribution in [0, 0.1) is 51.2 Å². The zero-order chi connectivity index (χ0) is 6.69. The molecule has 0 aliphatic heterocycles. The van der Waals surface area contributed by atoms with Crippen molar-refractivity contribution in [3.8, 4) is 5.75 Å². The molecule has 0 heterocycles. The molecule has 0 radical (unpaired) electrons. The van der Waals surface area contributed by atoms with Crippen molar-refractivity contribution in [3.05, 3.63) is 36.9 Å². The van der Waals surface area contributed by atoms with Crippen LogP contribution in [0.15, 0.2) is 18.2 Å². The Hall–Kier alpha value is 0.0719. The molecule has 1 aromatic rings. The van der Waals surface area contributed by atoms with Crippen LogP contribution in [0.3, 0.4) is 0 Å². The SMILES string of the molecule is [CH2-]Oc1[c-]ccc(C)c1.[U+2]. The van der Waals surface area contributed by atoms with Crippen LogP contribution in [0.4, 0.5) is 0 Å². The van der Waals surface area contributed by atoms with E-state index < -0.39 is 0 Å². The topological polar surface area (TPSA) is 9.23 Å². The smallest absolute Gasteiger partial charge is 0.683 e. The van der Waals surface area contributed by atoms with E-state index in [2.05, 4.69) is 17.9 Å². The normalized spacial score (nSPS) is 8.20. The molecule has 50 valence electrons. The molecular formula is C8H8OU. The molecule has 0 atom stereocenters. The van der Waals surface area contributed by atoms with Crippen molar-refractivity contribution in [3.63, 3.8) is 0 Å². The summed E-state index contributed by atoms with van der Waals surface area (Å²) in [4.78, 5) is 0. The number of aryl methyl sites for hydroxylation is 1. The summed E-state index contributed by atoms with van der Waals surface area (Å²) in [7, 11) is 3.27. The van der Waals surface area contributed by atoms with Crippen LogP contribution in [0.25, 0.3) is 0 Å². The predicted octanol–water partition coefficient (Wildman–Crippen LogP) is 1.97. The Balaban J connectivity index is 0.000000810. The van der Waals surface area contributed by atoms with Crippen LogP contribution < -0.4 is 4.74 Å². The fraction of sp³-hybridized carbons (Fsp3) is 0.125. The summed E-state index contributed by atoms with van der Waals surface area (Å²) < 4.78 is 4.69. The van der Waals surface area contributed by atoms with Crippen molar-refractivity contribution in [2.45, 2.75) is 6.92 Å². The van der Waals surface area contributed by atoms with Crippen molar-refractivity contribution in [2.75, 3.05) is 0 Å². The zero-order valence-corrected chi connectivity index (χ0v) is 10.0. The summed E-state index contributed by atoms with van der Waals surface area (Å²) in [6, 6.07) is 8.53. The summed E-state index contributed by atoms with van der Waals surface area (Å²) in [6.07, 6.45) is 0. The molecule has 0 bridgehead atoms. The van der Waals surface area contributed by atoms with E-state index in [1.54, 1.807) is 0 Å². The van der Waals surface area contributed by atoms with Gasteiger partial charge >= 0.3 is 31.1 Å². The number of hydrogen-bond acceptors (Lipinski definition) is 1. The largest absolute Gasteiger partial charge is 2.00 e. The van der Waals surface area contributed by atoms with Gasteiger partial charge in [0, 0.05) is 0 Å². The van der Waals surface area contributed by atoms with Crippen LogP contribution in [0.5, 0.6) is 5.75 Å². The molecule has 10 heavy (non-hydrogen) atoms. The second-order valence-corrected chi connectivity index (χ2v) is 1.87. The molecule has 0 aliphatic carbocycles. The summed E-state index contributed by atoms with van der Waals surface area (Å²) in [5, 5.41) is 0. The maximum Gasteiger partial charge on any atom is 2.00 e. The third kappa shape index (κ3) is 2.77. The van der Waals surface area contributed by atoms with E-state index in [1.165, 1.54) is 0 Å². The zero-order valence-electron chi connectivity index (χ0n) is 5.85. The number of hydrogen-bond donors (Lipinski definition) is 0. The van der Waals surface area contributed by atoms with Crippen LogP contribution in [0.2, 0.25) is 0 Å². The number of rotatable bonds is 1. The molecule has 1 nitrogen and oxygen atoms in total. The van der Waals surface area contributed by atoms with E-state index in [9.17, 15) is 0 Å². The minimum atomic E-state index is 0. The van der Waals surface area contributed by atoms with E-state index in [0.717, 1.165) is 5.56 Å². The molecule has 0 N–H and O–H groups in total. The Morgan fingerprint density at radius 3 is 2.70 bits per heavy atom. The van der Waals surface area contributed by atoms with Gasteiger partial charge in [-0.3, -0.25) is 0 Å². The van der Waals surface area contributed by atoms with E-state index in [-0.39, 0.29) is 31.1 Å². The Kier molecular flexibility index (Phi) is 4.86. The molecule has 2 heteroatoms. The minimum Gasteiger partial charge on any atom is -0.683 e. The third-order valence-corrected chi connectivity index (χ3v) is 1.09. The molecule has 0 aliphatic rings. The quantitative estimate of drug-likeness (QED) is 0.698. The molecule has 0 unspecified atom stereocenters. The van der Waals surface area contributed by atoms with E-state index >= 15 is 0 Å². The molecule has 1 aromatic carbocycles. The van der Waals surface area contributed by atoms with Crippen molar-refractivity contribution in [1.29, 1.82) is 0 Å². The van der Waals surface area contributed by atoms with Crippen LogP contribution in [0.1, 0.15) is 5.56 Å². The minimum absolute atomic E-state index is 0. The van der Waals surface area contributed by atoms with Gasteiger partial charge in [-0.2, -0.15) is 24.8 Å². The fourth-order valence-corrected chi connectivity index (χ4v) is 0.635. The first-order valence-corrected chi connectivity index (χ1v) is 2.73. The Morgan fingerprint density at radius 1 is 1.60 bits per heavy atom. The van der Waals surface area contributed by atoms with Crippen LogP contribution in [-0.2, 0) is 0 Å². The van der Waals surface area contributed by atoms with Gasteiger partial charge in [0.25, 0.3) is 0 Å². The third-order valence-electron chi connectivity index (χ3n) is 1.09. The Bertz CT molecular complexity index is 198. The summed E-state index contributed by atoms with van der Waals surface area (Å²) in [5.74, 6) is 0.690. The van der Waals surface area contributed by atoms with Crippen molar-refractivity contribution in [1.82, 2.24) is 0 Å². The average Bonchev–Trinajstić information content (AvgIpc) is 1.88. The number of ether oxygens (including phenoxy) is 1. The first-order chi connectivity index (χ1) is 4.33. The van der Waals surface area contributed by atoms with Gasteiger partial charge in [0.05, 0.1) is 0 Å². The second-order valence-electron chi connectivity index (χ2n) is 1.87. The summed E-state index contributed by atoms with van der Waals surface area (Å²) in [6.45, 7) is 2.00. The van der Waals surface area contributed by atoms with Gasteiger partial charge in [-0.05, 0) is 5.75 Å². The maximum atomic E-state index is 4.69. The van der Waals surface area contributed by atoms with Gasteiger partial charge < -0.3 is 4.74 Å². The molecule has 0 amide bonds. The molecule has 0 aromatic heterocycles. The maximum absolute atomic E-state index is 4.69. The van der Waals surface area contributed by atoms with Crippen molar-refractivity contribution in [2.24, 2.45) is 0 Å². The van der Waals surface area contributed by atoms with E-state index in [4.69, 9.17) is 0 Å². The van der Waals surface area contributed by atoms with Crippen LogP contribution in [-0.4, -0.2) is 0 Å². The van der Waals surface area contributed by atoms with Crippen molar-refractivity contribution < 1.29 is 35.9 Å². The molecule has 0 spiro atoms. The molecular weight excluding hydrogens is 350 g/mol. The van der Waals surface area contributed by atoms with Gasteiger partial charge in [-0.15, -0.1) is 12.1 Å². The van der Waals surface area contributed by atoms with Gasteiger partial charge in [0.2, 0.25) is 0 Å². The van der Waals surface area contributed by atoms with Gasteiger partial charge in [-0.25, -0.2) is 0 Å². The average molecular weight is 358 g/mol. The van der Waals surface area contributed by atoms with Gasteiger partial charge in [0.15, 0.2) is 0 Å². The van der Waals surface area contributed by atoms with E-state index in [0.29, 0.717) is 5.75 Å². The monoisotopic (exact) mass is 358 g/mol. The number of benzene rings is 1. The second kappa shape index (κ2) is 4.82. The summed E-state index contributed by atoms with van der Waals surface area (Å²) >= 11 is 0. The van der Waals surface area contributed by atoms with Gasteiger partial charge in [0.1, 0.15) is 0 Å². The Labute approximate surface area is 85.2 Å².